The Bertz CT molecular complexity index is 667. The lowest BCUT2D eigenvalue weighted by Gasteiger charge is -2.05. The third-order valence-electron chi connectivity index (χ3n) is 2.61. The zero-order valence-electron chi connectivity index (χ0n) is 11.1. The van der Waals surface area contributed by atoms with Crippen molar-refractivity contribution >= 4 is 17.2 Å². The van der Waals surface area contributed by atoms with Gasteiger partial charge in [0.1, 0.15) is 0 Å². The van der Waals surface area contributed by atoms with Crippen molar-refractivity contribution in [2.75, 3.05) is 6.54 Å². The molecule has 0 aliphatic rings. The van der Waals surface area contributed by atoms with Gasteiger partial charge >= 0.3 is 0 Å². The van der Waals surface area contributed by atoms with Gasteiger partial charge in [0, 0.05) is 22.1 Å². The van der Waals surface area contributed by atoms with Crippen molar-refractivity contribution < 1.29 is 4.79 Å². The molecule has 102 valence electrons. The van der Waals surface area contributed by atoms with Crippen molar-refractivity contribution in [3.63, 3.8) is 0 Å². The number of nitrogens with one attached hydrogen (secondary N) is 1. The lowest BCUT2D eigenvalue weighted by Crippen LogP contribution is -2.23. The summed E-state index contributed by atoms with van der Waals surface area (Å²) in [6.07, 6.45) is 3.16. The van der Waals surface area contributed by atoms with Crippen molar-refractivity contribution in [1.29, 1.82) is 0 Å². The molecule has 0 fully saturated rings. The summed E-state index contributed by atoms with van der Waals surface area (Å²) in [6.45, 7) is 2.81. The number of carbonyl (C=O) groups is 1. The van der Waals surface area contributed by atoms with Crippen LogP contribution in [0.5, 0.6) is 0 Å². The van der Waals surface area contributed by atoms with Gasteiger partial charge in [-0.25, -0.2) is 0 Å². The number of aromatic nitrogens is 1. The normalized spacial score (nSPS) is 9.70. The summed E-state index contributed by atoms with van der Waals surface area (Å²) in [5.74, 6) is 5.44. The zero-order valence-corrected chi connectivity index (χ0v) is 12.0. The Kier molecular flexibility index (Phi) is 4.88. The van der Waals surface area contributed by atoms with Crippen LogP contribution < -0.4 is 11.1 Å². The van der Waals surface area contributed by atoms with Gasteiger partial charge in [0.2, 0.25) is 0 Å². The average molecular weight is 285 g/mol. The Balaban J connectivity index is 2.09. The molecule has 0 atom stereocenters. The summed E-state index contributed by atoms with van der Waals surface area (Å²) >= 11 is 1.67. The number of carbonyl (C=O) groups excluding carboxylic acids is 1. The van der Waals surface area contributed by atoms with Gasteiger partial charge in [-0.1, -0.05) is 11.8 Å². The van der Waals surface area contributed by atoms with Crippen molar-refractivity contribution in [2.24, 2.45) is 5.73 Å². The summed E-state index contributed by atoms with van der Waals surface area (Å²) in [4.78, 5) is 18.5. The maximum absolute atomic E-state index is 12.2. The van der Waals surface area contributed by atoms with E-state index < -0.39 is 0 Å². The fraction of sp³-hybridized carbons (Fsp3) is 0.200. The molecule has 0 saturated heterocycles. The number of thiophene rings is 1. The molecule has 1 amide bonds. The van der Waals surface area contributed by atoms with E-state index in [1.54, 1.807) is 29.8 Å². The smallest absolute Gasteiger partial charge is 0.252 e. The van der Waals surface area contributed by atoms with Crippen LogP contribution in [0.3, 0.4) is 0 Å². The summed E-state index contributed by atoms with van der Waals surface area (Å²) in [6, 6.07) is 5.72. The van der Waals surface area contributed by atoms with Crippen molar-refractivity contribution in [3.8, 4) is 11.8 Å². The van der Waals surface area contributed by atoms with Crippen LogP contribution in [0, 0.1) is 18.8 Å². The van der Waals surface area contributed by atoms with Crippen LogP contribution in [0.15, 0.2) is 30.6 Å². The highest BCUT2D eigenvalue weighted by atomic mass is 32.1. The van der Waals surface area contributed by atoms with E-state index in [0.717, 1.165) is 4.88 Å². The third-order valence-corrected chi connectivity index (χ3v) is 3.61. The number of amides is 1. The quantitative estimate of drug-likeness (QED) is 0.843. The van der Waals surface area contributed by atoms with E-state index in [2.05, 4.69) is 22.1 Å². The number of aryl methyl sites for hydroxylation is 1. The van der Waals surface area contributed by atoms with Crippen LogP contribution >= 0.6 is 11.3 Å². The minimum absolute atomic E-state index is 0.153. The lowest BCUT2D eigenvalue weighted by molar-refractivity contribution is 0.0951. The summed E-state index contributed by atoms with van der Waals surface area (Å²) < 4.78 is 0. The number of hydrogen-bond donors (Lipinski definition) is 2. The zero-order chi connectivity index (χ0) is 14.4. The number of nitrogens with zero attached hydrogens (tertiary/aromatic N) is 1. The number of nitrogens with two attached hydrogens (primary N) is 1. The highest BCUT2D eigenvalue weighted by molar-refractivity contribution is 7.11. The van der Waals surface area contributed by atoms with E-state index in [1.165, 1.54) is 4.88 Å². The molecule has 0 aromatic carbocycles. The molecule has 2 aromatic heterocycles. The fourth-order valence-corrected chi connectivity index (χ4v) is 2.51. The van der Waals surface area contributed by atoms with Crippen LogP contribution in [0.1, 0.15) is 25.7 Å². The van der Waals surface area contributed by atoms with Crippen LogP contribution in [0.25, 0.3) is 0 Å². The van der Waals surface area contributed by atoms with E-state index in [9.17, 15) is 4.79 Å². The Hall–Kier alpha value is -2.16. The second-order valence-corrected chi connectivity index (χ2v) is 5.49. The van der Waals surface area contributed by atoms with Gasteiger partial charge < -0.3 is 11.1 Å². The summed E-state index contributed by atoms with van der Waals surface area (Å²) in [5.41, 5.74) is 6.46. The minimum atomic E-state index is -0.153. The van der Waals surface area contributed by atoms with E-state index in [4.69, 9.17) is 5.73 Å². The molecule has 0 radical (unpaired) electrons. The molecular weight excluding hydrogens is 270 g/mol. The third kappa shape index (κ3) is 3.67. The van der Waals surface area contributed by atoms with Gasteiger partial charge in [0.25, 0.3) is 5.91 Å². The van der Waals surface area contributed by atoms with Crippen molar-refractivity contribution in [3.05, 3.63) is 51.5 Å². The van der Waals surface area contributed by atoms with Gasteiger partial charge in [-0.15, -0.1) is 11.3 Å². The van der Waals surface area contributed by atoms with Gasteiger partial charge in [0.15, 0.2) is 0 Å². The van der Waals surface area contributed by atoms with E-state index in [1.807, 2.05) is 19.1 Å². The lowest BCUT2D eigenvalue weighted by atomic mass is 10.1. The molecule has 0 aliphatic carbocycles. The minimum Gasteiger partial charge on any atom is -0.347 e. The van der Waals surface area contributed by atoms with Crippen molar-refractivity contribution in [1.82, 2.24) is 10.3 Å². The standard InChI is InChI=1S/C15H15N3OS/c1-11-4-5-13(20-11)10-18-15(19)14-6-8-17-9-12(14)3-2-7-16/h4-6,8-9H,7,10,16H2,1H3,(H,18,19). The molecule has 0 bridgehead atoms. The predicted octanol–water partition coefficient (Wildman–Crippen LogP) is 1.69. The molecule has 2 aromatic rings. The molecule has 0 aliphatic heterocycles. The van der Waals surface area contributed by atoms with E-state index >= 15 is 0 Å². The molecule has 3 N–H and O–H groups in total. The van der Waals surface area contributed by atoms with Crippen LogP contribution in [0.2, 0.25) is 0 Å². The van der Waals surface area contributed by atoms with E-state index in [-0.39, 0.29) is 12.5 Å². The predicted molar refractivity (Wildman–Crippen MR) is 80.4 cm³/mol. The molecule has 0 unspecified atom stereocenters. The molecule has 20 heavy (non-hydrogen) atoms. The first kappa shape index (κ1) is 14.3. The first-order valence-corrected chi connectivity index (χ1v) is 6.99. The summed E-state index contributed by atoms with van der Waals surface area (Å²) in [5, 5.41) is 2.89. The first-order valence-electron chi connectivity index (χ1n) is 6.17. The van der Waals surface area contributed by atoms with Crippen LogP contribution in [-0.2, 0) is 6.54 Å². The topological polar surface area (TPSA) is 68.0 Å². The Morgan fingerprint density at radius 2 is 2.30 bits per heavy atom. The second kappa shape index (κ2) is 6.85. The average Bonchev–Trinajstić information content (AvgIpc) is 2.88. The van der Waals surface area contributed by atoms with Gasteiger partial charge in [-0.2, -0.15) is 0 Å². The largest absolute Gasteiger partial charge is 0.347 e. The molecule has 4 nitrogen and oxygen atoms in total. The highest BCUT2D eigenvalue weighted by Gasteiger charge is 2.10. The van der Waals surface area contributed by atoms with E-state index in [0.29, 0.717) is 17.7 Å². The molecule has 5 heteroatoms. The van der Waals surface area contributed by atoms with Crippen LogP contribution in [0.4, 0.5) is 0 Å². The SMILES string of the molecule is Cc1ccc(CNC(=O)c2ccncc2C#CCN)s1. The Morgan fingerprint density at radius 3 is 3.00 bits per heavy atom. The molecule has 0 spiro atoms. The summed E-state index contributed by atoms with van der Waals surface area (Å²) in [7, 11) is 0. The van der Waals surface area contributed by atoms with Gasteiger partial charge in [0.05, 0.1) is 24.2 Å². The highest BCUT2D eigenvalue weighted by Crippen LogP contribution is 2.15. The fourth-order valence-electron chi connectivity index (χ4n) is 1.68. The number of rotatable bonds is 3. The molecular formula is C15H15N3OS. The molecule has 0 saturated carbocycles. The maximum Gasteiger partial charge on any atom is 0.252 e. The second-order valence-electron chi connectivity index (χ2n) is 4.12. The first-order chi connectivity index (χ1) is 9.70. The Morgan fingerprint density at radius 1 is 1.45 bits per heavy atom. The Labute approximate surface area is 122 Å². The van der Waals surface area contributed by atoms with Gasteiger partial charge in [-0.3, -0.25) is 9.78 Å². The van der Waals surface area contributed by atoms with Gasteiger partial charge in [-0.05, 0) is 25.1 Å². The number of pyridine rings is 1. The van der Waals surface area contributed by atoms with Crippen LogP contribution in [-0.4, -0.2) is 17.4 Å². The number of hydrogen-bond acceptors (Lipinski definition) is 4. The van der Waals surface area contributed by atoms with Crippen molar-refractivity contribution in [2.45, 2.75) is 13.5 Å². The molecule has 2 heterocycles. The monoisotopic (exact) mass is 285 g/mol. The molecule has 2 rings (SSSR count). The maximum atomic E-state index is 12.2.